The van der Waals surface area contributed by atoms with E-state index in [1.807, 2.05) is 0 Å². The molecule has 1 aromatic rings. The number of anilines is 1. The Morgan fingerprint density at radius 3 is 2.45 bits per heavy atom. The zero-order valence-electron chi connectivity index (χ0n) is 12.7. The van der Waals surface area contributed by atoms with Gasteiger partial charge in [0.25, 0.3) is 0 Å². The second-order valence-corrected chi connectivity index (χ2v) is 6.57. The Morgan fingerprint density at radius 2 is 1.86 bits per heavy atom. The fourth-order valence-electron chi connectivity index (χ4n) is 2.40. The zero-order chi connectivity index (χ0) is 16.3. The molecule has 0 aliphatic heterocycles. The lowest BCUT2D eigenvalue weighted by atomic mass is 9.90. The highest BCUT2D eigenvalue weighted by atomic mass is 35.5. The van der Waals surface area contributed by atoms with Crippen LogP contribution >= 0.6 is 11.6 Å². The second kappa shape index (κ2) is 6.65. The normalized spacial score (nSPS) is 15.6. The molecule has 0 heterocycles. The van der Waals surface area contributed by atoms with Crippen molar-refractivity contribution in [1.29, 1.82) is 0 Å². The van der Waals surface area contributed by atoms with Gasteiger partial charge in [-0.25, -0.2) is 4.39 Å². The van der Waals surface area contributed by atoms with E-state index in [4.69, 9.17) is 11.6 Å². The summed E-state index contributed by atoms with van der Waals surface area (Å²) in [5.74, 6) is -1.31. The molecule has 0 atom stereocenters. The lowest BCUT2D eigenvalue weighted by molar-refractivity contribution is -0.138. The molecule has 1 saturated carbocycles. The molecule has 2 N–H and O–H groups in total. The van der Waals surface area contributed by atoms with Gasteiger partial charge in [-0.15, -0.1) is 0 Å². The minimum Gasteiger partial charge on any atom is -0.352 e. The first-order valence-corrected chi connectivity index (χ1v) is 7.76. The van der Waals surface area contributed by atoms with Crippen LogP contribution in [-0.2, 0) is 9.59 Å². The maximum Gasteiger partial charge on any atom is 0.239 e. The summed E-state index contributed by atoms with van der Waals surface area (Å²) in [6.07, 6.45) is 4.12. The lowest BCUT2D eigenvalue weighted by Gasteiger charge is -2.25. The quantitative estimate of drug-likeness (QED) is 0.832. The largest absolute Gasteiger partial charge is 0.352 e. The van der Waals surface area contributed by atoms with Gasteiger partial charge in [-0.3, -0.25) is 9.59 Å². The van der Waals surface area contributed by atoms with E-state index in [9.17, 15) is 14.0 Å². The number of benzene rings is 1. The van der Waals surface area contributed by atoms with Crippen molar-refractivity contribution in [3.05, 3.63) is 29.0 Å². The minimum atomic E-state index is -1.22. The fraction of sp³-hybridized carbons (Fsp3) is 0.500. The van der Waals surface area contributed by atoms with Gasteiger partial charge in [-0.1, -0.05) is 24.4 Å². The molecule has 1 fully saturated rings. The van der Waals surface area contributed by atoms with Crippen molar-refractivity contribution in [3.8, 4) is 0 Å². The number of halogens is 2. The average molecular weight is 327 g/mol. The molecule has 1 aliphatic carbocycles. The van der Waals surface area contributed by atoms with E-state index in [1.165, 1.54) is 18.2 Å². The smallest absolute Gasteiger partial charge is 0.239 e. The van der Waals surface area contributed by atoms with Crippen LogP contribution in [0, 0.1) is 11.2 Å². The Morgan fingerprint density at radius 1 is 1.23 bits per heavy atom. The van der Waals surface area contributed by atoms with Gasteiger partial charge < -0.3 is 10.6 Å². The molecule has 22 heavy (non-hydrogen) atoms. The highest BCUT2D eigenvalue weighted by Gasteiger charge is 2.37. The third-order valence-electron chi connectivity index (χ3n) is 4.00. The molecular weight excluding hydrogens is 307 g/mol. The van der Waals surface area contributed by atoms with E-state index in [1.54, 1.807) is 13.8 Å². The van der Waals surface area contributed by atoms with E-state index < -0.39 is 17.1 Å². The third kappa shape index (κ3) is 3.77. The molecule has 0 unspecified atom stereocenters. The number of rotatable bonds is 4. The van der Waals surface area contributed by atoms with Crippen LogP contribution in [0.2, 0.25) is 5.02 Å². The number of carbonyl (C=O) groups is 2. The van der Waals surface area contributed by atoms with Crippen molar-refractivity contribution in [2.75, 3.05) is 5.32 Å². The molecule has 120 valence electrons. The molecule has 1 aliphatic rings. The maximum atomic E-state index is 13.1. The summed E-state index contributed by atoms with van der Waals surface area (Å²) in [5, 5.41) is 5.45. The minimum absolute atomic E-state index is 0.0778. The van der Waals surface area contributed by atoms with E-state index in [-0.39, 0.29) is 17.0 Å². The molecule has 1 aromatic carbocycles. The Hall–Kier alpha value is -1.62. The van der Waals surface area contributed by atoms with Crippen molar-refractivity contribution < 1.29 is 14.0 Å². The molecular formula is C16H20ClFN2O2. The zero-order valence-corrected chi connectivity index (χ0v) is 13.5. The van der Waals surface area contributed by atoms with Crippen LogP contribution in [0.5, 0.6) is 0 Å². The second-order valence-electron chi connectivity index (χ2n) is 6.16. The van der Waals surface area contributed by atoms with E-state index in [0.29, 0.717) is 5.69 Å². The number of amides is 2. The van der Waals surface area contributed by atoms with Gasteiger partial charge in [0.2, 0.25) is 11.8 Å². The van der Waals surface area contributed by atoms with Crippen molar-refractivity contribution in [3.63, 3.8) is 0 Å². The van der Waals surface area contributed by atoms with E-state index in [0.717, 1.165) is 25.7 Å². The van der Waals surface area contributed by atoms with E-state index >= 15 is 0 Å². The van der Waals surface area contributed by atoms with Crippen LogP contribution < -0.4 is 10.6 Å². The van der Waals surface area contributed by atoms with Crippen LogP contribution in [0.15, 0.2) is 18.2 Å². The molecule has 0 bridgehead atoms. The number of nitrogens with one attached hydrogen (secondary N) is 2. The van der Waals surface area contributed by atoms with Crippen LogP contribution in [0.25, 0.3) is 0 Å². The van der Waals surface area contributed by atoms with Crippen molar-refractivity contribution in [2.24, 2.45) is 5.41 Å². The summed E-state index contributed by atoms with van der Waals surface area (Å²) in [5.41, 5.74) is -0.859. The standard InChI is InChI=1S/C16H20ClFN2O2/c1-16(2,14(21)19-10-5-3-4-6-10)15(22)20-11-7-8-13(18)12(17)9-11/h7-10H,3-6H2,1-2H3,(H,19,21)(H,20,22). The number of hydrogen-bond acceptors (Lipinski definition) is 2. The number of carbonyl (C=O) groups excluding carboxylic acids is 2. The van der Waals surface area contributed by atoms with Crippen molar-refractivity contribution in [2.45, 2.75) is 45.6 Å². The van der Waals surface area contributed by atoms with Gasteiger partial charge in [0.1, 0.15) is 11.2 Å². The lowest BCUT2D eigenvalue weighted by Crippen LogP contribution is -2.47. The van der Waals surface area contributed by atoms with Gasteiger partial charge in [0.15, 0.2) is 0 Å². The first kappa shape index (κ1) is 16.7. The summed E-state index contributed by atoms with van der Waals surface area (Å²) < 4.78 is 13.1. The SMILES string of the molecule is CC(C)(C(=O)Nc1ccc(F)c(Cl)c1)C(=O)NC1CCCC1. The van der Waals surface area contributed by atoms with Gasteiger partial charge in [0, 0.05) is 11.7 Å². The summed E-state index contributed by atoms with van der Waals surface area (Å²) in [6.45, 7) is 3.13. The fourth-order valence-corrected chi connectivity index (χ4v) is 2.58. The molecule has 0 saturated heterocycles. The molecule has 0 radical (unpaired) electrons. The number of hydrogen-bond donors (Lipinski definition) is 2. The van der Waals surface area contributed by atoms with Gasteiger partial charge in [-0.2, -0.15) is 0 Å². The van der Waals surface area contributed by atoms with Gasteiger partial charge in [-0.05, 0) is 44.9 Å². The summed E-state index contributed by atoms with van der Waals surface area (Å²) in [7, 11) is 0. The Bertz CT molecular complexity index is 584. The van der Waals surface area contributed by atoms with Crippen molar-refractivity contribution in [1.82, 2.24) is 5.32 Å². The summed E-state index contributed by atoms with van der Waals surface area (Å²) in [6, 6.07) is 4.05. The first-order chi connectivity index (χ1) is 10.3. The predicted molar refractivity (Wildman–Crippen MR) is 84.2 cm³/mol. The monoisotopic (exact) mass is 326 g/mol. The van der Waals surface area contributed by atoms with Crippen molar-refractivity contribution >= 4 is 29.1 Å². The van der Waals surface area contributed by atoms with Crippen LogP contribution in [-0.4, -0.2) is 17.9 Å². The maximum absolute atomic E-state index is 13.1. The predicted octanol–water partition coefficient (Wildman–Crippen LogP) is 3.50. The van der Waals surface area contributed by atoms with Crippen LogP contribution in [0.3, 0.4) is 0 Å². The summed E-state index contributed by atoms with van der Waals surface area (Å²) >= 11 is 5.68. The first-order valence-electron chi connectivity index (χ1n) is 7.38. The van der Waals surface area contributed by atoms with Gasteiger partial charge in [0.05, 0.1) is 5.02 Å². The molecule has 0 aromatic heterocycles. The van der Waals surface area contributed by atoms with Crippen LogP contribution in [0.1, 0.15) is 39.5 Å². The molecule has 4 nitrogen and oxygen atoms in total. The van der Waals surface area contributed by atoms with Gasteiger partial charge >= 0.3 is 0 Å². The van der Waals surface area contributed by atoms with E-state index in [2.05, 4.69) is 10.6 Å². The average Bonchev–Trinajstić information content (AvgIpc) is 2.95. The Labute approximate surface area is 134 Å². The highest BCUT2D eigenvalue weighted by molar-refractivity contribution is 6.31. The Balaban J connectivity index is 2.02. The molecule has 2 rings (SSSR count). The highest BCUT2D eigenvalue weighted by Crippen LogP contribution is 2.24. The topological polar surface area (TPSA) is 58.2 Å². The molecule has 6 heteroatoms. The third-order valence-corrected chi connectivity index (χ3v) is 4.29. The Kier molecular flexibility index (Phi) is 5.06. The summed E-state index contributed by atoms with van der Waals surface area (Å²) in [4.78, 5) is 24.7. The molecule has 2 amide bonds. The van der Waals surface area contributed by atoms with Crippen LogP contribution in [0.4, 0.5) is 10.1 Å². The molecule has 0 spiro atoms.